The molecule has 0 heterocycles. The second kappa shape index (κ2) is 10.4. The number of amides is 1. The Hall–Kier alpha value is -3.65. The molecule has 0 bridgehead atoms. The van der Waals surface area contributed by atoms with Crippen LogP contribution >= 0.6 is 15.9 Å². The van der Waals surface area contributed by atoms with Gasteiger partial charge in [-0.15, -0.1) is 0 Å². The number of halogens is 1. The average molecular weight is 483 g/mol. The number of carbonyl (C=O) groups is 2. The van der Waals surface area contributed by atoms with Crippen molar-refractivity contribution in [2.75, 3.05) is 14.2 Å². The fourth-order valence-corrected chi connectivity index (χ4v) is 3.15. The smallest absolute Gasteiger partial charge is 0.343 e. The topological polar surface area (TPSA) is 86.2 Å². The minimum Gasteiger partial charge on any atom is -0.497 e. The van der Waals surface area contributed by atoms with Gasteiger partial charge in [0.25, 0.3) is 5.91 Å². The van der Waals surface area contributed by atoms with Crippen LogP contribution in [-0.2, 0) is 0 Å². The lowest BCUT2D eigenvalue weighted by Crippen LogP contribution is -2.17. The number of ether oxygens (including phenoxy) is 3. The van der Waals surface area contributed by atoms with E-state index in [1.54, 1.807) is 67.8 Å². The van der Waals surface area contributed by atoms with Gasteiger partial charge in [0.1, 0.15) is 5.75 Å². The molecule has 0 aromatic heterocycles. The van der Waals surface area contributed by atoms with E-state index in [0.29, 0.717) is 32.7 Å². The van der Waals surface area contributed by atoms with E-state index >= 15 is 0 Å². The maximum atomic E-state index is 12.5. The summed E-state index contributed by atoms with van der Waals surface area (Å²) in [5.41, 5.74) is 3.95. The van der Waals surface area contributed by atoms with Crippen molar-refractivity contribution in [1.29, 1.82) is 0 Å². The van der Waals surface area contributed by atoms with Gasteiger partial charge in [0.15, 0.2) is 11.5 Å². The zero-order valence-electron chi connectivity index (χ0n) is 16.8. The third-order valence-corrected chi connectivity index (χ3v) is 4.78. The molecule has 3 aromatic carbocycles. The maximum absolute atomic E-state index is 12.5. The molecular formula is C23H19BrN2O5. The quantitative estimate of drug-likeness (QED) is 0.232. The van der Waals surface area contributed by atoms with Gasteiger partial charge in [-0.2, -0.15) is 5.10 Å². The molecule has 3 aromatic rings. The van der Waals surface area contributed by atoms with Crippen molar-refractivity contribution in [2.45, 2.75) is 0 Å². The summed E-state index contributed by atoms with van der Waals surface area (Å²) in [6.45, 7) is 0. The molecule has 31 heavy (non-hydrogen) atoms. The van der Waals surface area contributed by atoms with Crippen LogP contribution in [0.3, 0.4) is 0 Å². The second-order valence-corrected chi connectivity index (χ2v) is 7.07. The number of nitrogens with one attached hydrogen (secondary N) is 1. The van der Waals surface area contributed by atoms with Crippen molar-refractivity contribution in [3.8, 4) is 17.2 Å². The van der Waals surface area contributed by atoms with Gasteiger partial charge in [-0.25, -0.2) is 10.2 Å². The van der Waals surface area contributed by atoms with Crippen LogP contribution in [-0.4, -0.2) is 32.3 Å². The highest BCUT2D eigenvalue weighted by Gasteiger charge is 2.17. The van der Waals surface area contributed by atoms with E-state index in [-0.39, 0.29) is 11.7 Å². The lowest BCUT2D eigenvalue weighted by molar-refractivity contribution is 0.0728. The highest BCUT2D eigenvalue weighted by Crippen LogP contribution is 2.37. The van der Waals surface area contributed by atoms with Gasteiger partial charge in [0.05, 0.1) is 30.5 Å². The number of methoxy groups -OCH3 is 2. The number of carbonyl (C=O) groups excluding carboxylic acids is 2. The fourth-order valence-electron chi connectivity index (χ4n) is 2.61. The largest absolute Gasteiger partial charge is 0.497 e. The zero-order valence-corrected chi connectivity index (χ0v) is 18.4. The molecule has 0 atom stereocenters. The van der Waals surface area contributed by atoms with Crippen LogP contribution in [0.5, 0.6) is 17.2 Å². The molecule has 0 spiro atoms. The van der Waals surface area contributed by atoms with E-state index in [1.165, 1.54) is 13.3 Å². The van der Waals surface area contributed by atoms with E-state index in [0.717, 1.165) is 0 Å². The number of rotatable bonds is 7. The number of hydrazone groups is 1. The van der Waals surface area contributed by atoms with Gasteiger partial charge >= 0.3 is 5.97 Å². The average Bonchev–Trinajstić information content (AvgIpc) is 2.81. The van der Waals surface area contributed by atoms with Crippen LogP contribution in [0.15, 0.2) is 76.3 Å². The third kappa shape index (κ3) is 5.70. The van der Waals surface area contributed by atoms with Gasteiger partial charge in [-0.1, -0.05) is 18.2 Å². The first-order chi connectivity index (χ1) is 15.0. The van der Waals surface area contributed by atoms with Crippen LogP contribution in [0.4, 0.5) is 0 Å². The van der Waals surface area contributed by atoms with Crippen LogP contribution in [0.25, 0.3) is 0 Å². The number of hydrogen-bond donors (Lipinski definition) is 1. The zero-order chi connectivity index (χ0) is 22.2. The Morgan fingerprint density at radius 3 is 2.29 bits per heavy atom. The first-order valence-corrected chi connectivity index (χ1v) is 9.93. The van der Waals surface area contributed by atoms with Gasteiger partial charge in [-0.05, 0) is 70.0 Å². The molecule has 0 saturated heterocycles. The van der Waals surface area contributed by atoms with Crippen LogP contribution < -0.4 is 19.6 Å². The number of nitrogens with zero attached hydrogens (tertiary/aromatic N) is 1. The molecule has 0 aliphatic rings. The molecule has 7 nitrogen and oxygen atoms in total. The molecule has 158 valence electrons. The summed E-state index contributed by atoms with van der Waals surface area (Å²) in [6, 6.07) is 18.6. The molecule has 1 amide bonds. The van der Waals surface area contributed by atoms with Crippen molar-refractivity contribution in [2.24, 2.45) is 5.10 Å². The molecule has 0 fully saturated rings. The van der Waals surface area contributed by atoms with Crippen molar-refractivity contribution < 1.29 is 23.8 Å². The maximum Gasteiger partial charge on any atom is 0.343 e. The Kier molecular flexibility index (Phi) is 7.40. The predicted molar refractivity (Wildman–Crippen MR) is 120 cm³/mol. The third-order valence-electron chi connectivity index (χ3n) is 4.19. The molecular weight excluding hydrogens is 464 g/mol. The molecule has 0 aliphatic carbocycles. The van der Waals surface area contributed by atoms with Gasteiger partial charge in [0.2, 0.25) is 0 Å². The highest BCUT2D eigenvalue weighted by atomic mass is 79.9. The lowest BCUT2D eigenvalue weighted by Gasteiger charge is -2.12. The molecule has 0 unspecified atom stereocenters. The molecule has 0 aliphatic heterocycles. The summed E-state index contributed by atoms with van der Waals surface area (Å²) in [6.07, 6.45) is 1.46. The summed E-state index contributed by atoms with van der Waals surface area (Å²) in [7, 11) is 3.01. The Labute approximate surface area is 187 Å². The van der Waals surface area contributed by atoms with Gasteiger partial charge in [-0.3, -0.25) is 4.79 Å². The molecule has 3 rings (SSSR count). The van der Waals surface area contributed by atoms with Gasteiger partial charge < -0.3 is 14.2 Å². The van der Waals surface area contributed by atoms with E-state index < -0.39 is 5.97 Å². The van der Waals surface area contributed by atoms with Crippen LogP contribution in [0.2, 0.25) is 0 Å². The Morgan fingerprint density at radius 1 is 0.935 bits per heavy atom. The second-order valence-electron chi connectivity index (χ2n) is 6.22. The lowest BCUT2D eigenvalue weighted by atomic mass is 10.2. The van der Waals surface area contributed by atoms with Crippen molar-refractivity contribution in [1.82, 2.24) is 5.43 Å². The summed E-state index contributed by atoms with van der Waals surface area (Å²) in [4.78, 5) is 24.5. The van der Waals surface area contributed by atoms with Crippen molar-refractivity contribution >= 4 is 34.0 Å². The number of esters is 1. The fraction of sp³-hybridized carbons (Fsp3) is 0.0870. The summed E-state index contributed by atoms with van der Waals surface area (Å²) >= 11 is 3.39. The summed E-state index contributed by atoms with van der Waals surface area (Å²) in [5, 5.41) is 3.97. The molecule has 8 heteroatoms. The van der Waals surface area contributed by atoms with Crippen molar-refractivity contribution in [3.63, 3.8) is 0 Å². The Bertz CT molecular complexity index is 1100. The van der Waals surface area contributed by atoms with Crippen molar-refractivity contribution in [3.05, 3.63) is 87.9 Å². The number of benzene rings is 3. The Morgan fingerprint density at radius 2 is 1.65 bits per heavy atom. The SMILES string of the molecule is COc1ccc(C(=O)Oc2c(Br)cc(/C=N/NC(=O)c3ccccc3)cc2OC)cc1. The normalized spacial score (nSPS) is 10.5. The van der Waals surface area contributed by atoms with E-state index in [4.69, 9.17) is 14.2 Å². The molecule has 1 N–H and O–H groups in total. The highest BCUT2D eigenvalue weighted by molar-refractivity contribution is 9.10. The number of hydrogen-bond acceptors (Lipinski definition) is 6. The van der Waals surface area contributed by atoms with Crippen LogP contribution in [0.1, 0.15) is 26.3 Å². The van der Waals surface area contributed by atoms with Crippen LogP contribution in [0, 0.1) is 0 Å². The first-order valence-electron chi connectivity index (χ1n) is 9.14. The first kappa shape index (κ1) is 22.0. The minimum absolute atomic E-state index is 0.230. The van der Waals surface area contributed by atoms with E-state index in [2.05, 4.69) is 26.5 Å². The molecule has 0 saturated carbocycles. The van der Waals surface area contributed by atoms with E-state index in [9.17, 15) is 9.59 Å². The monoisotopic (exact) mass is 482 g/mol. The molecule has 0 radical (unpaired) electrons. The standard InChI is InChI=1S/C23H19BrN2O5/c1-29-18-10-8-17(9-11-18)23(28)31-21-19(24)12-15(13-20(21)30-2)14-25-26-22(27)16-6-4-3-5-7-16/h3-14H,1-2H3,(H,26,27)/b25-14+. The van der Waals surface area contributed by atoms with Gasteiger partial charge in [0, 0.05) is 5.56 Å². The predicted octanol–water partition coefficient (Wildman–Crippen LogP) is 4.45. The minimum atomic E-state index is -0.543. The van der Waals surface area contributed by atoms with E-state index in [1.807, 2.05) is 6.07 Å². The summed E-state index contributed by atoms with van der Waals surface area (Å²) < 4.78 is 16.5. The summed E-state index contributed by atoms with van der Waals surface area (Å²) in [5.74, 6) is 0.324. The Balaban J connectivity index is 1.73.